The van der Waals surface area contributed by atoms with Gasteiger partial charge in [-0.25, -0.2) is 0 Å². The van der Waals surface area contributed by atoms with Gasteiger partial charge in [-0.05, 0) is 48.0 Å². The highest BCUT2D eigenvalue weighted by molar-refractivity contribution is 9.10. The van der Waals surface area contributed by atoms with Crippen LogP contribution >= 0.6 is 15.9 Å². The van der Waals surface area contributed by atoms with E-state index in [1.54, 1.807) is 10.8 Å². The fourth-order valence-corrected chi connectivity index (χ4v) is 2.54. The maximum atomic E-state index is 11.9. The zero-order chi connectivity index (χ0) is 13.8. The standard InChI is InChI=1S/C14H17BrN2O2/c1-10-8-12(15)9-17(14(10)18)6-5-16-11(2)13-4-3-7-19-13/h3-4,7-9,11,16H,5-6H2,1-2H3. The second-order valence-electron chi connectivity index (χ2n) is 4.53. The molecular weight excluding hydrogens is 308 g/mol. The second kappa shape index (κ2) is 6.21. The summed E-state index contributed by atoms with van der Waals surface area (Å²) in [6.07, 6.45) is 3.48. The van der Waals surface area contributed by atoms with Crippen molar-refractivity contribution in [1.29, 1.82) is 0 Å². The summed E-state index contributed by atoms with van der Waals surface area (Å²) in [7, 11) is 0. The summed E-state index contributed by atoms with van der Waals surface area (Å²) < 4.78 is 7.95. The van der Waals surface area contributed by atoms with Gasteiger partial charge in [0, 0.05) is 29.3 Å². The smallest absolute Gasteiger partial charge is 0.253 e. The van der Waals surface area contributed by atoms with Gasteiger partial charge < -0.3 is 14.3 Å². The van der Waals surface area contributed by atoms with Crippen LogP contribution in [0.2, 0.25) is 0 Å². The second-order valence-corrected chi connectivity index (χ2v) is 5.45. The largest absolute Gasteiger partial charge is 0.468 e. The van der Waals surface area contributed by atoms with E-state index >= 15 is 0 Å². The summed E-state index contributed by atoms with van der Waals surface area (Å²) in [6.45, 7) is 5.19. The number of rotatable bonds is 5. The Morgan fingerprint density at radius 2 is 2.32 bits per heavy atom. The van der Waals surface area contributed by atoms with Crippen molar-refractivity contribution in [1.82, 2.24) is 9.88 Å². The molecule has 0 aliphatic carbocycles. The first-order valence-electron chi connectivity index (χ1n) is 6.21. The summed E-state index contributed by atoms with van der Waals surface area (Å²) in [4.78, 5) is 11.9. The van der Waals surface area contributed by atoms with E-state index in [1.165, 1.54) is 0 Å². The molecule has 0 aliphatic heterocycles. The lowest BCUT2D eigenvalue weighted by atomic mass is 10.2. The molecule has 19 heavy (non-hydrogen) atoms. The number of pyridine rings is 1. The van der Waals surface area contributed by atoms with Crippen LogP contribution in [0.5, 0.6) is 0 Å². The van der Waals surface area contributed by atoms with Crippen LogP contribution in [0, 0.1) is 6.92 Å². The first kappa shape index (κ1) is 14.1. The number of aromatic nitrogens is 1. The van der Waals surface area contributed by atoms with Crippen molar-refractivity contribution in [2.75, 3.05) is 6.54 Å². The molecule has 0 spiro atoms. The molecule has 0 amide bonds. The SMILES string of the molecule is Cc1cc(Br)cn(CCNC(C)c2ccco2)c1=O. The summed E-state index contributed by atoms with van der Waals surface area (Å²) in [6, 6.07) is 5.78. The molecule has 2 rings (SSSR count). The normalized spacial score (nSPS) is 12.6. The molecule has 2 heterocycles. The van der Waals surface area contributed by atoms with Gasteiger partial charge in [0.1, 0.15) is 5.76 Å². The number of nitrogens with one attached hydrogen (secondary N) is 1. The third kappa shape index (κ3) is 3.58. The van der Waals surface area contributed by atoms with E-state index in [0.29, 0.717) is 13.1 Å². The lowest BCUT2D eigenvalue weighted by Gasteiger charge is -2.13. The molecule has 0 bridgehead atoms. The Balaban J connectivity index is 1.95. The Labute approximate surface area is 120 Å². The van der Waals surface area contributed by atoms with Crippen molar-refractivity contribution in [2.45, 2.75) is 26.4 Å². The van der Waals surface area contributed by atoms with Gasteiger partial charge in [0.2, 0.25) is 0 Å². The maximum absolute atomic E-state index is 11.9. The number of furan rings is 1. The van der Waals surface area contributed by atoms with Gasteiger partial charge in [-0.3, -0.25) is 4.79 Å². The Morgan fingerprint density at radius 1 is 1.53 bits per heavy atom. The van der Waals surface area contributed by atoms with Gasteiger partial charge in [0.05, 0.1) is 12.3 Å². The number of halogens is 1. The minimum absolute atomic E-state index is 0.0515. The fraction of sp³-hybridized carbons (Fsp3) is 0.357. The Bertz CT molecular complexity index is 590. The third-order valence-corrected chi connectivity index (χ3v) is 3.44. The first-order valence-corrected chi connectivity index (χ1v) is 7.00. The van der Waals surface area contributed by atoms with E-state index in [4.69, 9.17) is 4.42 Å². The van der Waals surface area contributed by atoms with Gasteiger partial charge in [0.15, 0.2) is 0 Å². The molecule has 0 fully saturated rings. The number of nitrogens with zero attached hydrogens (tertiary/aromatic N) is 1. The summed E-state index contributed by atoms with van der Waals surface area (Å²) in [5.41, 5.74) is 0.795. The lowest BCUT2D eigenvalue weighted by Crippen LogP contribution is -2.29. The Kier molecular flexibility index (Phi) is 4.61. The predicted octanol–water partition coefficient (Wildman–Crippen LogP) is 2.86. The molecule has 0 saturated carbocycles. The quantitative estimate of drug-likeness (QED) is 0.919. The molecule has 1 N–H and O–H groups in total. The van der Waals surface area contributed by atoms with Crippen LogP contribution in [0.25, 0.3) is 0 Å². The molecule has 4 nitrogen and oxygen atoms in total. The van der Waals surface area contributed by atoms with Crippen molar-refractivity contribution >= 4 is 15.9 Å². The lowest BCUT2D eigenvalue weighted by molar-refractivity contribution is 0.422. The van der Waals surface area contributed by atoms with Crippen LogP contribution < -0.4 is 10.9 Å². The summed E-state index contributed by atoms with van der Waals surface area (Å²) in [5, 5.41) is 3.33. The van der Waals surface area contributed by atoms with Crippen LogP contribution in [0.3, 0.4) is 0 Å². The van der Waals surface area contributed by atoms with Crippen LogP contribution in [0.1, 0.15) is 24.3 Å². The number of aryl methyl sites for hydroxylation is 1. The van der Waals surface area contributed by atoms with Crippen LogP contribution in [0.15, 0.2) is 44.3 Å². The molecule has 2 aromatic heterocycles. The summed E-state index contributed by atoms with van der Waals surface area (Å²) in [5.74, 6) is 0.901. The highest BCUT2D eigenvalue weighted by Crippen LogP contribution is 2.12. The van der Waals surface area contributed by atoms with Crippen molar-refractivity contribution in [3.05, 3.63) is 56.8 Å². The number of hydrogen-bond acceptors (Lipinski definition) is 3. The monoisotopic (exact) mass is 324 g/mol. The van der Waals surface area contributed by atoms with Gasteiger partial charge >= 0.3 is 0 Å². The topological polar surface area (TPSA) is 47.2 Å². The minimum Gasteiger partial charge on any atom is -0.468 e. The zero-order valence-electron chi connectivity index (χ0n) is 11.0. The molecule has 0 radical (unpaired) electrons. The highest BCUT2D eigenvalue weighted by Gasteiger charge is 2.07. The molecule has 0 aliphatic rings. The molecule has 1 unspecified atom stereocenters. The van der Waals surface area contributed by atoms with Gasteiger partial charge in [-0.2, -0.15) is 0 Å². The Hall–Kier alpha value is -1.33. The van der Waals surface area contributed by atoms with E-state index in [0.717, 1.165) is 15.8 Å². The first-order chi connectivity index (χ1) is 9.08. The van der Waals surface area contributed by atoms with E-state index in [2.05, 4.69) is 21.2 Å². The average Bonchev–Trinajstić information content (AvgIpc) is 2.88. The van der Waals surface area contributed by atoms with Gasteiger partial charge in [-0.1, -0.05) is 0 Å². The predicted molar refractivity (Wildman–Crippen MR) is 78.3 cm³/mol. The highest BCUT2D eigenvalue weighted by atomic mass is 79.9. The van der Waals surface area contributed by atoms with Crippen molar-refractivity contribution in [3.8, 4) is 0 Å². The van der Waals surface area contributed by atoms with E-state index in [1.807, 2.05) is 38.2 Å². The van der Waals surface area contributed by atoms with E-state index in [9.17, 15) is 4.79 Å². The molecule has 0 saturated heterocycles. The maximum Gasteiger partial charge on any atom is 0.253 e. The molecule has 0 aromatic carbocycles. The molecule has 102 valence electrons. The van der Waals surface area contributed by atoms with E-state index < -0.39 is 0 Å². The van der Waals surface area contributed by atoms with Crippen molar-refractivity contribution in [3.63, 3.8) is 0 Å². The number of hydrogen-bond donors (Lipinski definition) is 1. The van der Waals surface area contributed by atoms with Crippen molar-refractivity contribution < 1.29 is 4.42 Å². The van der Waals surface area contributed by atoms with Crippen molar-refractivity contribution in [2.24, 2.45) is 0 Å². The molecule has 2 aromatic rings. The van der Waals surface area contributed by atoms with Crippen LogP contribution in [-0.4, -0.2) is 11.1 Å². The van der Waals surface area contributed by atoms with Crippen LogP contribution in [0.4, 0.5) is 0 Å². The average molecular weight is 325 g/mol. The fourth-order valence-electron chi connectivity index (χ4n) is 1.95. The summed E-state index contributed by atoms with van der Waals surface area (Å²) >= 11 is 3.40. The third-order valence-electron chi connectivity index (χ3n) is 3.00. The molecular formula is C14H17BrN2O2. The Morgan fingerprint density at radius 3 is 3.00 bits per heavy atom. The van der Waals surface area contributed by atoms with E-state index in [-0.39, 0.29) is 11.6 Å². The van der Waals surface area contributed by atoms with Gasteiger partial charge in [0.25, 0.3) is 5.56 Å². The molecule has 5 heteroatoms. The zero-order valence-corrected chi connectivity index (χ0v) is 12.6. The minimum atomic E-state index is 0.0515. The molecule has 1 atom stereocenters. The van der Waals surface area contributed by atoms with Crippen LogP contribution in [-0.2, 0) is 6.54 Å². The van der Waals surface area contributed by atoms with Gasteiger partial charge in [-0.15, -0.1) is 0 Å².